The van der Waals surface area contributed by atoms with Crippen molar-refractivity contribution in [2.45, 2.75) is 32.6 Å². The molecule has 26 heavy (non-hydrogen) atoms. The molecule has 2 aromatic heterocycles. The molecular weight excluding hydrogens is 434 g/mol. The van der Waals surface area contributed by atoms with Crippen molar-refractivity contribution in [3.63, 3.8) is 0 Å². The minimum absolute atomic E-state index is 0.0679. The van der Waals surface area contributed by atoms with Crippen molar-refractivity contribution < 1.29 is 9.59 Å². The van der Waals surface area contributed by atoms with E-state index in [-0.39, 0.29) is 17.7 Å². The van der Waals surface area contributed by atoms with Gasteiger partial charge in [-0.25, -0.2) is 4.98 Å². The third kappa shape index (κ3) is 4.72. The summed E-state index contributed by atoms with van der Waals surface area (Å²) in [6.45, 7) is 3.99. The van der Waals surface area contributed by atoms with Crippen LogP contribution in [0.3, 0.4) is 0 Å². The maximum atomic E-state index is 12.8. The fourth-order valence-corrected chi connectivity index (χ4v) is 5.28. The Morgan fingerprint density at radius 2 is 2.23 bits per heavy atom. The van der Waals surface area contributed by atoms with Gasteiger partial charge in [-0.3, -0.25) is 9.59 Å². The minimum Gasteiger partial charge on any atom is -0.356 e. The Morgan fingerprint density at radius 3 is 2.96 bits per heavy atom. The summed E-state index contributed by atoms with van der Waals surface area (Å²) in [6.07, 6.45) is 3.74. The molecule has 0 bridgehead atoms. The van der Waals surface area contributed by atoms with Gasteiger partial charge in [-0.15, -0.1) is 22.7 Å². The summed E-state index contributed by atoms with van der Waals surface area (Å²) in [4.78, 5) is 32.5. The van der Waals surface area contributed by atoms with Crippen LogP contribution in [0.5, 0.6) is 0 Å². The molecule has 1 aliphatic heterocycles. The molecule has 1 saturated heterocycles. The van der Waals surface area contributed by atoms with Crippen molar-refractivity contribution in [2.24, 2.45) is 5.92 Å². The van der Waals surface area contributed by atoms with Crippen LogP contribution < -0.4 is 5.32 Å². The van der Waals surface area contributed by atoms with Gasteiger partial charge in [0.2, 0.25) is 5.91 Å². The number of thiazole rings is 1. The second-order valence-corrected chi connectivity index (χ2v) is 9.09. The maximum absolute atomic E-state index is 12.8. The van der Waals surface area contributed by atoms with Crippen LogP contribution in [0.4, 0.5) is 0 Å². The second-order valence-electron chi connectivity index (χ2n) is 6.40. The van der Waals surface area contributed by atoms with Crippen molar-refractivity contribution in [3.8, 4) is 9.88 Å². The van der Waals surface area contributed by atoms with E-state index in [0.717, 1.165) is 40.0 Å². The number of hydrogen-bond donors (Lipinski definition) is 1. The van der Waals surface area contributed by atoms with Crippen LogP contribution in [0.15, 0.2) is 21.3 Å². The Balaban J connectivity index is 1.62. The molecule has 140 valence electrons. The van der Waals surface area contributed by atoms with Crippen molar-refractivity contribution >= 4 is 50.4 Å². The molecule has 5 nitrogen and oxygen atoms in total. The largest absolute Gasteiger partial charge is 0.356 e. The average molecular weight is 456 g/mol. The van der Waals surface area contributed by atoms with Crippen LogP contribution in [-0.2, 0) is 4.79 Å². The first-order chi connectivity index (χ1) is 12.6. The molecule has 8 heteroatoms. The molecular formula is C18H22BrN3O2S2. The second kappa shape index (κ2) is 9.10. The maximum Gasteiger partial charge on any atom is 0.273 e. The highest BCUT2D eigenvalue weighted by Crippen LogP contribution is 2.32. The van der Waals surface area contributed by atoms with E-state index in [1.54, 1.807) is 16.2 Å². The molecule has 2 aromatic rings. The normalized spacial score (nSPS) is 17.3. The molecule has 1 fully saturated rings. The topological polar surface area (TPSA) is 62.3 Å². The highest BCUT2D eigenvalue weighted by Gasteiger charge is 2.29. The molecule has 0 saturated carbocycles. The Labute approximate surface area is 169 Å². The van der Waals surface area contributed by atoms with Gasteiger partial charge < -0.3 is 10.2 Å². The Hall–Kier alpha value is -1.25. The fraction of sp³-hybridized carbons (Fsp3) is 0.500. The monoisotopic (exact) mass is 455 g/mol. The number of carbonyl (C=O) groups excluding carboxylic acids is 2. The number of halogens is 1. The van der Waals surface area contributed by atoms with Gasteiger partial charge in [-0.1, -0.05) is 13.3 Å². The first-order valence-corrected chi connectivity index (χ1v) is 11.4. The van der Waals surface area contributed by atoms with E-state index >= 15 is 0 Å². The lowest BCUT2D eigenvalue weighted by molar-refractivity contribution is -0.126. The van der Waals surface area contributed by atoms with Crippen molar-refractivity contribution in [3.05, 3.63) is 27.0 Å². The van der Waals surface area contributed by atoms with Gasteiger partial charge >= 0.3 is 0 Å². The van der Waals surface area contributed by atoms with Gasteiger partial charge in [-0.2, -0.15) is 0 Å². The average Bonchev–Trinajstić information content (AvgIpc) is 3.30. The van der Waals surface area contributed by atoms with Crippen molar-refractivity contribution in [1.29, 1.82) is 0 Å². The summed E-state index contributed by atoms with van der Waals surface area (Å²) in [6, 6.07) is 2.01. The van der Waals surface area contributed by atoms with Gasteiger partial charge in [0, 0.05) is 34.9 Å². The van der Waals surface area contributed by atoms with Gasteiger partial charge in [-0.05, 0) is 41.3 Å². The first-order valence-electron chi connectivity index (χ1n) is 8.85. The van der Waals surface area contributed by atoms with Crippen LogP contribution in [0.1, 0.15) is 43.1 Å². The SMILES string of the molecule is CCCCNC(=O)C1CCCN(C(=O)c2csc(-c3cc(Br)cs3)n2)C1. The van der Waals surface area contributed by atoms with E-state index in [1.807, 2.05) is 16.8 Å². The molecule has 1 unspecified atom stereocenters. The molecule has 1 N–H and O–H groups in total. The molecule has 0 aromatic carbocycles. The summed E-state index contributed by atoms with van der Waals surface area (Å²) < 4.78 is 1.02. The summed E-state index contributed by atoms with van der Waals surface area (Å²) >= 11 is 6.53. The molecule has 0 radical (unpaired) electrons. The molecule has 0 aliphatic carbocycles. The lowest BCUT2D eigenvalue weighted by Gasteiger charge is -2.31. The van der Waals surface area contributed by atoms with E-state index in [1.165, 1.54) is 11.3 Å². The van der Waals surface area contributed by atoms with Crippen molar-refractivity contribution in [2.75, 3.05) is 19.6 Å². The predicted molar refractivity (Wildman–Crippen MR) is 110 cm³/mol. The number of nitrogens with zero attached hydrogens (tertiary/aromatic N) is 2. The fourth-order valence-electron chi connectivity index (χ4n) is 2.98. The van der Waals surface area contributed by atoms with E-state index < -0.39 is 0 Å². The Morgan fingerprint density at radius 1 is 1.38 bits per heavy atom. The highest BCUT2D eigenvalue weighted by atomic mass is 79.9. The molecule has 1 atom stereocenters. The zero-order chi connectivity index (χ0) is 18.5. The number of amides is 2. The number of thiophene rings is 1. The molecule has 2 amide bonds. The van der Waals surface area contributed by atoms with Gasteiger partial charge in [0.25, 0.3) is 5.91 Å². The van der Waals surface area contributed by atoms with E-state index in [2.05, 4.69) is 33.2 Å². The van der Waals surface area contributed by atoms with Crippen molar-refractivity contribution in [1.82, 2.24) is 15.2 Å². The summed E-state index contributed by atoms with van der Waals surface area (Å²) in [7, 11) is 0. The highest BCUT2D eigenvalue weighted by molar-refractivity contribution is 9.10. The van der Waals surface area contributed by atoms with Gasteiger partial charge in [0.05, 0.1) is 10.8 Å². The number of aromatic nitrogens is 1. The molecule has 3 rings (SSSR count). The minimum atomic E-state index is -0.115. The standard InChI is InChI=1S/C18H22BrN3O2S2/c1-2-3-6-20-16(23)12-5-4-7-22(9-12)18(24)14-11-26-17(21-14)15-8-13(19)10-25-15/h8,10-12H,2-7,9H2,1H3,(H,20,23). The molecule has 0 spiro atoms. The van der Waals surface area contributed by atoms with E-state index in [4.69, 9.17) is 0 Å². The van der Waals surface area contributed by atoms with Gasteiger partial charge in [0.1, 0.15) is 10.7 Å². The lowest BCUT2D eigenvalue weighted by Crippen LogP contribution is -2.45. The molecule has 1 aliphatic rings. The molecule has 3 heterocycles. The van der Waals surface area contributed by atoms with Crippen LogP contribution >= 0.6 is 38.6 Å². The summed E-state index contributed by atoms with van der Waals surface area (Å²) in [5.74, 6) is -0.122. The zero-order valence-corrected chi connectivity index (χ0v) is 17.9. The third-order valence-electron chi connectivity index (χ3n) is 4.41. The van der Waals surface area contributed by atoms with Crippen LogP contribution in [0.2, 0.25) is 0 Å². The van der Waals surface area contributed by atoms with E-state index in [9.17, 15) is 9.59 Å². The number of carbonyl (C=O) groups is 2. The Kier molecular flexibility index (Phi) is 6.83. The van der Waals surface area contributed by atoms with Crippen LogP contribution in [-0.4, -0.2) is 41.3 Å². The lowest BCUT2D eigenvalue weighted by atomic mass is 9.97. The summed E-state index contributed by atoms with van der Waals surface area (Å²) in [5, 5.41) is 7.66. The quantitative estimate of drug-likeness (QED) is 0.656. The zero-order valence-electron chi connectivity index (χ0n) is 14.7. The number of nitrogens with one attached hydrogen (secondary N) is 1. The predicted octanol–water partition coefficient (Wildman–Crippen LogP) is 4.40. The third-order valence-corrected chi connectivity index (χ3v) is 7.11. The summed E-state index contributed by atoms with van der Waals surface area (Å²) in [5.41, 5.74) is 0.474. The smallest absolute Gasteiger partial charge is 0.273 e. The number of likely N-dealkylation sites (tertiary alicyclic amines) is 1. The Bertz CT molecular complexity index is 774. The number of rotatable bonds is 6. The van der Waals surface area contributed by atoms with Gasteiger partial charge in [0.15, 0.2) is 0 Å². The van der Waals surface area contributed by atoms with Crippen LogP contribution in [0, 0.1) is 5.92 Å². The van der Waals surface area contributed by atoms with E-state index in [0.29, 0.717) is 25.3 Å². The van der Waals surface area contributed by atoms with Crippen LogP contribution in [0.25, 0.3) is 9.88 Å². The first kappa shape index (κ1) is 19.5. The number of unbranched alkanes of at least 4 members (excludes halogenated alkanes) is 1. The number of piperidine rings is 1. The number of hydrogen-bond acceptors (Lipinski definition) is 5.